The number of aryl methyl sites for hydroxylation is 1. The van der Waals surface area contributed by atoms with Gasteiger partial charge in [-0.15, -0.1) is 0 Å². The molecular formula is C16H11Cl4NO3. The van der Waals surface area contributed by atoms with Crippen molar-refractivity contribution in [2.75, 3.05) is 5.32 Å². The SMILES string of the molecule is Cc1cccc(NC(=O)c2c(Cl)c(Cl)c(Cl)c(Cl)c2C(=O)O)c1C. The molecule has 0 aliphatic carbocycles. The summed E-state index contributed by atoms with van der Waals surface area (Å²) in [6.45, 7) is 3.71. The molecule has 0 aliphatic rings. The van der Waals surface area contributed by atoms with E-state index in [2.05, 4.69) is 5.32 Å². The van der Waals surface area contributed by atoms with Gasteiger partial charge in [-0.3, -0.25) is 4.79 Å². The van der Waals surface area contributed by atoms with E-state index in [9.17, 15) is 14.7 Å². The van der Waals surface area contributed by atoms with Crippen LogP contribution in [0.25, 0.3) is 0 Å². The molecule has 8 heteroatoms. The van der Waals surface area contributed by atoms with E-state index in [1.165, 1.54) is 0 Å². The van der Waals surface area contributed by atoms with E-state index in [-0.39, 0.29) is 25.7 Å². The van der Waals surface area contributed by atoms with Crippen LogP contribution in [0.1, 0.15) is 31.8 Å². The second kappa shape index (κ2) is 7.19. The molecule has 0 atom stereocenters. The van der Waals surface area contributed by atoms with E-state index in [1.54, 1.807) is 12.1 Å². The maximum absolute atomic E-state index is 12.6. The van der Waals surface area contributed by atoms with Gasteiger partial charge in [0.25, 0.3) is 5.91 Å². The van der Waals surface area contributed by atoms with Gasteiger partial charge >= 0.3 is 5.97 Å². The van der Waals surface area contributed by atoms with E-state index in [1.807, 2.05) is 19.9 Å². The number of amides is 1. The number of carboxylic acid groups (broad SMARTS) is 1. The molecule has 0 unspecified atom stereocenters. The Hall–Kier alpha value is -1.46. The fourth-order valence-electron chi connectivity index (χ4n) is 2.12. The summed E-state index contributed by atoms with van der Waals surface area (Å²) in [6.07, 6.45) is 0. The Kier molecular flexibility index (Phi) is 5.66. The van der Waals surface area contributed by atoms with Gasteiger partial charge in [0.05, 0.1) is 31.2 Å². The minimum atomic E-state index is -1.44. The summed E-state index contributed by atoms with van der Waals surface area (Å²) in [6, 6.07) is 5.34. The van der Waals surface area contributed by atoms with Gasteiger partial charge in [0.15, 0.2) is 0 Å². The van der Waals surface area contributed by atoms with Gasteiger partial charge in [0, 0.05) is 5.69 Å². The first-order valence-corrected chi connectivity index (χ1v) is 8.14. The third-order valence-corrected chi connectivity index (χ3v) is 5.36. The Morgan fingerprint density at radius 1 is 0.917 bits per heavy atom. The minimum absolute atomic E-state index is 0.181. The molecule has 0 bridgehead atoms. The molecule has 0 radical (unpaired) electrons. The second-order valence-electron chi connectivity index (χ2n) is 5.01. The molecule has 126 valence electrons. The highest BCUT2D eigenvalue weighted by atomic mass is 35.5. The third-order valence-electron chi connectivity index (χ3n) is 3.56. The average molecular weight is 407 g/mol. The quantitative estimate of drug-likeness (QED) is 0.494. The van der Waals surface area contributed by atoms with Crippen LogP contribution >= 0.6 is 46.4 Å². The number of nitrogens with one attached hydrogen (secondary N) is 1. The number of anilines is 1. The Labute approximate surface area is 158 Å². The first-order valence-electron chi connectivity index (χ1n) is 6.63. The summed E-state index contributed by atoms with van der Waals surface area (Å²) in [5, 5.41) is 11.0. The monoisotopic (exact) mass is 405 g/mol. The first-order chi connectivity index (χ1) is 11.2. The van der Waals surface area contributed by atoms with Crippen molar-refractivity contribution in [3.63, 3.8) is 0 Å². The van der Waals surface area contributed by atoms with Gasteiger partial charge in [-0.1, -0.05) is 58.5 Å². The van der Waals surface area contributed by atoms with Crippen molar-refractivity contribution in [1.29, 1.82) is 0 Å². The van der Waals surface area contributed by atoms with Gasteiger partial charge in [-0.25, -0.2) is 4.79 Å². The molecule has 0 heterocycles. The summed E-state index contributed by atoms with van der Waals surface area (Å²) in [7, 11) is 0. The van der Waals surface area contributed by atoms with E-state index >= 15 is 0 Å². The zero-order chi connectivity index (χ0) is 18.2. The van der Waals surface area contributed by atoms with Crippen LogP contribution in [0.5, 0.6) is 0 Å². The van der Waals surface area contributed by atoms with Crippen LogP contribution in [0.4, 0.5) is 5.69 Å². The van der Waals surface area contributed by atoms with Crippen LogP contribution in [-0.4, -0.2) is 17.0 Å². The maximum atomic E-state index is 12.6. The van der Waals surface area contributed by atoms with Crippen LogP contribution in [0.15, 0.2) is 18.2 Å². The average Bonchev–Trinajstić information content (AvgIpc) is 2.52. The molecule has 1 amide bonds. The van der Waals surface area contributed by atoms with E-state index < -0.39 is 17.4 Å². The highest BCUT2D eigenvalue weighted by molar-refractivity contribution is 6.54. The summed E-state index contributed by atoms with van der Waals surface area (Å²) < 4.78 is 0. The number of hydrogen-bond acceptors (Lipinski definition) is 2. The Bertz CT molecular complexity index is 865. The van der Waals surface area contributed by atoms with Crippen molar-refractivity contribution in [2.24, 2.45) is 0 Å². The maximum Gasteiger partial charge on any atom is 0.338 e. The van der Waals surface area contributed by atoms with Gasteiger partial charge in [-0.2, -0.15) is 0 Å². The first kappa shape index (κ1) is 18.9. The van der Waals surface area contributed by atoms with Gasteiger partial charge in [-0.05, 0) is 31.0 Å². The van der Waals surface area contributed by atoms with Gasteiger partial charge in [0.1, 0.15) is 0 Å². The number of carbonyl (C=O) groups is 2. The number of carbonyl (C=O) groups excluding carboxylic acids is 1. The molecule has 0 saturated heterocycles. The largest absolute Gasteiger partial charge is 0.478 e. The molecule has 0 aromatic heterocycles. The molecule has 2 N–H and O–H groups in total. The van der Waals surface area contributed by atoms with Crippen molar-refractivity contribution in [3.8, 4) is 0 Å². The van der Waals surface area contributed by atoms with Crippen LogP contribution in [0, 0.1) is 13.8 Å². The van der Waals surface area contributed by atoms with Crippen LogP contribution in [-0.2, 0) is 0 Å². The van der Waals surface area contributed by atoms with Gasteiger partial charge < -0.3 is 10.4 Å². The van der Waals surface area contributed by atoms with Gasteiger partial charge in [0.2, 0.25) is 0 Å². The molecule has 2 aromatic carbocycles. The lowest BCUT2D eigenvalue weighted by Gasteiger charge is -2.15. The second-order valence-corrected chi connectivity index (χ2v) is 6.52. The number of benzene rings is 2. The van der Waals surface area contributed by atoms with E-state index in [0.717, 1.165) is 11.1 Å². The van der Waals surface area contributed by atoms with Crippen LogP contribution in [0.3, 0.4) is 0 Å². The summed E-state index contributed by atoms with van der Waals surface area (Å²) in [5.74, 6) is -2.18. The topological polar surface area (TPSA) is 66.4 Å². The lowest BCUT2D eigenvalue weighted by Crippen LogP contribution is -2.19. The normalized spacial score (nSPS) is 10.6. The minimum Gasteiger partial charge on any atom is -0.478 e. The van der Waals surface area contributed by atoms with Crippen molar-refractivity contribution in [1.82, 2.24) is 0 Å². The summed E-state index contributed by atoms with van der Waals surface area (Å²) >= 11 is 23.8. The number of halogens is 4. The predicted octanol–water partition coefficient (Wildman–Crippen LogP) is 5.87. The zero-order valence-corrected chi connectivity index (χ0v) is 15.5. The van der Waals surface area contributed by atoms with Crippen LogP contribution < -0.4 is 5.32 Å². The summed E-state index contributed by atoms with van der Waals surface area (Å²) in [4.78, 5) is 24.1. The molecule has 2 aromatic rings. The molecule has 0 fully saturated rings. The van der Waals surface area contributed by atoms with Crippen molar-refractivity contribution < 1.29 is 14.7 Å². The molecule has 4 nitrogen and oxygen atoms in total. The lowest BCUT2D eigenvalue weighted by molar-refractivity contribution is 0.0692. The van der Waals surface area contributed by atoms with Crippen LogP contribution in [0.2, 0.25) is 20.1 Å². The number of hydrogen-bond donors (Lipinski definition) is 2. The zero-order valence-electron chi connectivity index (χ0n) is 12.5. The van der Waals surface area contributed by atoms with Crippen molar-refractivity contribution >= 4 is 64.0 Å². The summed E-state index contributed by atoms with van der Waals surface area (Å²) in [5.41, 5.74) is 1.48. The molecule has 0 spiro atoms. The molecule has 0 saturated carbocycles. The highest BCUT2D eigenvalue weighted by Gasteiger charge is 2.29. The van der Waals surface area contributed by atoms with E-state index in [4.69, 9.17) is 46.4 Å². The fraction of sp³-hybridized carbons (Fsp3) is 0.125. The smallest absolute Gasteiger partial charge is 0.338 e. The third kappa shape index (κ3) is 3.33. The Morgan fingerprint density at radius 3 is 2.00 bits per heavy atom. The van der Waals surface area contributed by atoms with E-state index in [0.29, 0.717) is 5.69 Å². The highest BCUT2D eigenvalue weighted by Crippen LogP contribution is 2.41. The molecular weight excluding hydrogens is 396 g/mol. The number of aromatic carboxylic acids is 1. The van der Waals surface area contributed by atoms with Crippen molar-refractivity contribution in [2.45, 2.75) is 13.8 Å². The number of carboxylic acids is 1. The molecule has 0 aliphatic heterocycles. The lowest BCUT2D eigenvalue weighted by atomic mass is 10.0. The number of rotatable bonds is 3. The fourth-order valence-corrected chi connectivity index (χ4v) is 3.14. The predicted molar refractivity (Wildman–Crippen MR) is 97.3 cm³/mol. The molecule has 24 heavy (non-hydrogen) atoms. The molecule has 2 rings (SSSR count). The Balaban J connectivity index is 2.61. The van der Waals surface area contributed by atoms with Crippen molar-refractivity contribution in [3.05, 3.63) is 60.5 Å². The Morgan fingerprint density at radius 2 is 1.46 bits per heavy atom. The standard InChI is InChI=1S/C16H11Cl4NO3/c1-6-4-3-5-8(7(6)2)21-15(22)9-10(16(23)24)12(18)14(20)13(19)11(9)17/h3-5H,1-2H3,(H,21,22)(H,23,24).